The molecular weight excluding hydrogens is 243 g/mol. The molecule has 0 aliphatic rings. The van der Waals surface area contributed by atoms with Crippen LogP contribution < -0.4 is 0 Å². The van der Waals surface area contributed by atoms with Crippen LogP contribution in [0.25, 0.3) is 0 Å². The molecule has 5 heteroatoms. The van der Waals surface area contributed by atoms with Crippen LogP contribution in [-0.2, 0) is 4.74 Å². The van der Waals surface area contributed by atoms with E-state index in [2.05, 4.69) is 0 Å². The molecule has 0 spiro atoms. The summed E-state index contributed by atoms with van der Waals surface area (Å²) >= 11 is 12.1. The van der Waals surface area contributed by atoms with Gasteiger partial charge in [0.2, 0.25) is 0 Å². The zero-order valence-corrected chi connectivity index (χ0v) is 9.70. The molecule has 0 aliphatic carbocycles. The summed E-state index contributed by atoms with van der Waals surface area (Å²) in [7, 11) is 0. The number of benzene rings is 1. The van der Waals surface area contributed by atoms with Crippen molar-refractivity contribution in [2.75, 3.05) is 0 Å². The van der Waals surface area contributed by atoms with E-state index in [1.54, 1.807) is 31.2 Å². The maximum Gasteiger partial charge on any atom is 0.373 e. The van der Waals surface area contributed by atoms with Crippen molar-refractivity contribution in [1.82, 2.24) is 0 Å². The van der Waals surface area contributed by atoms with Crippen LogP contribution in [0, 0.1) is 0 Å². The van der Waals surface area contributed by atoms with E-state index < -0.39 is 10.9 Å². The Morgan fingerprint density at radius 1 is 1.43 bits per heavy atom. The summed E-state index contributed by atoms with van der Waals surface area (Å²) in [6.07, 6.45) is 0. The average Bonchev–Trinajstić information content (AvgIpc) is 2.07. The molecule has 0 heterocycles. The van der Waals surface area contributed by atoms with Crippen LogP contribution >= 0.6 is 35.0 Å². The van der Waals surface area contributed by atoms with Crippen molar-refractivity contribution < 1.29 is 9.53 Å². The zero-order chi connectivity index (χ0) is 10.6. The molecule has 1 aromatic carbocycles. The number of hydrogen-bond acceptors (Lipinski definition) is 3. The van der Waals surface area contributed by atoms with Crippen molar-refractivity contribution in [2.45, 2.75) is 17.4 Å². The van der Waals surface area contributed by atoms with Crippen LogP contribution in [0.5, 0.6) is 0 Å². The molecule has 0 saturated heterocycles. The first-order valence-corrected chi connectivity index (χ1v) is 5.49. The molecule has 1 rings (SSSR count). The number of hydrogen-bond donors (Lipinski definition) is 0. The van der Waals surface area contributed by atoms with E-state index in [-0.39, 0.29) is 0 Å². The lowest BCUT2D eigenvalue weighted by Gasteiger charge is -2.04. The van der Waals surface area contributed by atoms with E-state index in [0.29, 0.717) is 5.02 Å². The minimum atomic E-state index is -0.609. The van der Waals surface area contributed by atoms with Gasteiger partial charge >= 0.3 is 5.30 Å². The van der Waals surface area contributed by atoms with E-state index in [9.17, 15) is 4.79 Å². The van der Waals surface area contributed by atoms with Crippen molar-refractivity contribution in [3.63, 3.8) is 0 Å². The van der Waals surface area contributed by atoms with E-state index in [1.165, 1.54) is 0 Å². The third kappa shape index (κ3) is 4.22. The highest BCUT2D eigenvalue weighted by molar-refractivity contribution is 8.13. The topological polar surface area (TPSA) is 26.3 Å². The Kier molecular flexibility index (Phi) is 4.58. The predicted octanol–water partition coefficient (Wildman–Crippen LogP) is 4.15. The first-order chi connectivity index (χ1) is 6.58. The molecule has 14 heavy (non-hydrogen) atoms. The second kappa shape index (κ2) is 5.49. The van der Waals surface area contributed by atoms with E-state index in [1.807, 2.05) is 0 Å². The van der Waals surface area contributed by atoms with Gasteiger partial charge < -0.3 is 4.74 Å². The maximum absolute atomic E-state index is 11.1. The van der Waals surface area contributed by atoms with Crippen LogP contribution in [0.2, 0.25) is 5.02 Å². The molecule has 1 aromatic rings. The molecule has 0 aromatic heterocycles. The fourth-order valence-electron chi connectivity index (χ4n) is 0.756. The number of halogens is 2. The van der Waals surface area contributed by atoms with E-state index in [4.69, 9.17) is 27.9 Å². The molecule has 1 unspecified atom stereocenters. The number of carbonyl (C=O) groups is 1. The van der Waals surface area contributed by atoms with Crippen molar-refractivity contribution in [3.8, 4) is 0 Å². The average molecular weight is 251 g/mol. The highest BCUT2D eigenvalue weighted by Gasteiger charge is 2.08. The minimum Gasteiger partial charge on any atom is -0.438 e. The second-order valence-electron chi connectivity index (χ2n) is 2.47. The van der Waals surface area contributed by atoms with Crippen molar-refractivity contribution >= 4 is 40.3 Å². The predicted molar refractivity (Wildman–Crippen MR) is 59.1 cm³/mol. The summed E-state index contributed by atoms with van der Waals surface area (Å²) in [4.78, 5) is 11.9. The van der Waals surface area contributed by atoms with E-state index in [0.717, 1.165) is 16.7 Å². The van der Waals surface area contributed by atoms with Crippen molar-refractivity contribution in [3.05, 3.63) is 29.3 Å². The lowest BCUT2D eigenvalue weighted by atomic mass is 10.4. The Morgan fingerprint density at radius 2 is 2.00 bits per heavy atom. The highest BCUT2D eigenvalue weighted by atomic mass is 35.5. The quantitative estimate of drug-likeness (QED) is 0.448. The molecule has 0 radical (unpaired) electrons. The van der Waals surface area contributed by atoms with Crippen LogP contribution in [0.15, 0.2) is 29.2 Å². The number of alkyl halides is 1. The summed E-state index contributed by atoms with van der Waals surface area (Å²) in [5.74, 6) is 0. The SMILES string of the molecule is CC(Cl)OC(=O)Sc1ccc(Cl)cc1. The number of ether oxygens (including phenoxy) is 1. The van der Waals surface area contributed by atoms with Gasteiger partial charge in [0, 0.05) is 9.92 Å². The molecule has 76 valence electrons. The number of thioether (sulfide) groups is 1. The first kappa shape index (κ1) is 11.7. The van der Waals surface area contributed by atoms with Gasteiger partial charge in [0.1, 0.15) is 0 Å². The largest absolute Gasteiger partial charge is 0.438 e. The van der Waals surface area contributed by atoms with Gasteiger partial charge in [-0.2, -0.15) is 0 Å². The summed E-state index contributed by atoms with van der Waals surface area (Å²) in [5.41, 5.74) is -0.609. The first-order valence-electron chi connectivity index (χ1n) is 3.86. The number of carbonyl (C=O) groups excluding carboxylic acids is 1. The highest BCUT2D eigenvalue weighted by Crippen LogP contribution is 2.22. The standard InChI is InChI=1S/C9H8Cl2O2S/c1-6(10)13-9(12)14-8-4-2-7(11)3-5-8/h2-6H,1H3. The summed E-state index contributed by atoms with van der Waals surface area (Å²) in [5, 5.41) is 0.211. The summed E-state index contributed by atoms with van der Waals surface area (Å²) < 4.78 is 4.74. The van der Waals surface area contributed by atoms with Crippen molar-refractivity contribution in [2.24, 2.45) is 0 Å². The molecule has 0 aliphatic heterocycles. The molecular formula is C9H8Cl2O2S. The Balaban J connectivity index is 2.52. The molecule has 0 bridgehead atoms. The Hall–Kier alpha value is -0.380. The van der Waals surface area contributed by atoms with Gasteiger partial charge in [0.25, 0.3) is 0 Å². The Labute approximate surface area is 96.5 Å². The lowest BCUT2D eigenvalue weighted by molar-refractivity contribution is 0.168. The molecule has 2 nitrogen and oxygen atoms in total. The fourth-order valence-corrected chi connectivity index (χ4v) is 1.67. The third-order valence-electron chi connectivity index (χ3n) is 1.27. The smallest absolute Gasteiger partial charge is 0.373 e. The van der Waals surface area contributed by atoms with Gasteiger partial charge in [0.15, 0.2) is 5.56 Å². The van der Waals surface area contributed by atoms with Gasteiger partial charge in [-0.3, -0.25) is 0 Å². The molecule has 0 fully saturated rings. The molecule has 1 atom stereocenters. The molecule has 0 amide bonds. The lowest BCUT2D eigenvalue weighted by Crippen LogP contribution is -2.03. The van der Waals surface area contributed by atoms with Gasteiger partial charge in [-0.1, -0.05) is 23.2 Å². The second-order valence-corrected chi connectivity index (χ2v) is 4.53. The summed E-state index contributed by atoms with van der Waals surface area (Å²) in [6.45, 7) is 1.59. The zero-order valence-electron chi connectivity index (χ0n) is 7.37. The van der Waals surface area contributed by atoms with Crippen molar-refractivity contribution in [1.29, 1.82) is 0 Å². The maximum atomic E-state index is 11.1. The fraction of sp³-hybridized carbons (Fsp3) is 0.222. The molecule has 0 saturated carbocycles. The van der Waals surface area contributed by atoms with Crippen LogP contribution in [-0.4, -0.2) is 10.9 Å². The van der Waals surface area contributed by atoms with Gasteiger partial charge in [-0.15, -0.1) is 0 Å². The van der Waals surface area contributed by atoms with E-state index >= 15 is 0 Å². The van der Waals surface area contributed by atoms with Crippen LogP contribution in [0.1, 0.15) is 6.92 Å². The summed E-state index contributed by atoms with van der Waals surface area (Å²) in [6, 6.07) is 6.91. The van der Waals surface area contributed by atoms with Crippen LogP contribution in [0.4, 0.5) is 4.79 Å². The number of rotatable bonds is 2. The minimum absolute atomic E-state index is 0.421. The van der Waals surface area contributed by atoms with Gasteiger partial charge in [0.05, 0.1) is 0 Å². The van der Waals surface area contributed by atoms with Gasteiger partial charge in [-0.25, -0.2) is 4.79 Å². The normalized spacial score (nSPS) is 12.2. The molecule has 0 N–H and O–H groups in total. The Morgan fingerprint density at radius 3 is 2.50 bits per heavy atom. The van der Waals surface area contributed by atoms with Crippen LogP contribution in [0.3, 0.4) is 0 Å². The Bertz CT molecular complexity index is 311. The monoisotopic (exact) mass is 250 g/mol. The third-order valence-corrected chi connectivity index (χ3v) is 2.39. The van der Waals surface area contributed by atoms with Gasteiger partial charge in [-0.05, 0) is 43.0 Å².